The molecule has 0 bridgehead atoms. The molecule has 2 aromatic carbocycles. The van der Waals surface area contributed by atoms with E-state index in [-0.39, 0.29) is 16.7 Å². The normalized spacial score (nSPS) is 15.3. The van der Waals surface area contributed by atoms with Crippen molar-refractivity contribution in [2.24, 2.45) is 0 Å². The van der Waals surface area contributed by atoms with Crippen LogP contribution in [-0.2, 0) is 10.1 Å². The lowest BCUT2D eigenvalue weighted by Gasteiger charge is -2.26. The van der Waals surface area contributed by atoms with E-state index in [9.17, 15) is 17.8 Å². The molecule has 0 aromatic heterocycles. The fraction of sp³-hybridized carbons (Fsp3) is 0.409. The number of carbonyl (C=O) groups is 1. The van der Waals surface area contributed by atoms with Crippen molar-refractivity contribution in [3.63, 3.8) is 0 Å². The van der Waals surface area contributed by atoms with Gasteiger partial charge in [0.15, 0.2) is 0 Å². The Morgan fingerprint density at radius 3 is 2.29 bits per heavy atom. The Kier molecular flexibility index (Phi) is 8.69. The van der Waals surface area contributed by atoms with Crippen LogP contribution in [-0.4, -0.2) is 18.9 Å². The van der Waals surface area contributed by atoms with Gasteiger partial charge in [0.25, 0.3) is 10.1 Å². The zero-order chi connectivity index (χ0) is 22.9. The summed E-state index contributed by atoms with van der Waals surface area (Å²) in [6.45, 7) is 3.73. The molecule has 0 radical (unpaired) electrons. The highest BCUT2D eigenvalue weighted by molar-refractivity contribution is 14.1. The Hall–Kier alpha value is 0.01000. The summed E-state index contributed by atoms with van der Waals surface area (Å²) in [5, 5.41) is 0. The molecule has 0 heterocycles. The molecule has 168 valence electrons. The minimum Gasteiger partial charge on any atom is -0.423 e. The molecule has 0 saturated heterocycles. The standard InChI is InChI=1S/C22H23I3O5S/c1-12(2)16-10-15(30-22(26)18-8-14(23)9-19(24)20(18)25)11-17(21(16)31(27,28)29)13-6-4-3-5-7-13/h8-13H,3-7H2,1-2H3,(H,27,28,29). The lowest BCUT2D eigenvalue weighted by Crippen LogP contribution is -2.16. The monoisotopic (exact) mass is 780 g/mol. The number of hydrogen-bond donors (Lipinski definition) is 1. The second-order valence-corrected chi connectivity index (χ2v) is 12.9. The molecular weight excluding hydrogens is 757 g/mol. The number of rotatable bonds is 5. The van der Waals surface area contributed by atoms with E-state index in [1.54, 1.807) is 18.2 Å². The Balaban J connectivity index is 2.11. The van der Waals surface area contributed by atoms with Gasteiger partial charge in [-0.05, 0) is 128 Å². The molecule has 1 N–H and O–H groups in total. The Bertz CT molecular complexity index is 1110. The zero-order valence-electron chi connectivity index (χ0n) is 17.1. The van der Waals surface area contributed by atoms with Crippen LogP contribution in [0, 0.1) is 10.7 Å². The van der Waals surface area contributed by atoms with Crippen LogP contribution in [0.5, 0.6) is 5.75 Å². The quantitative estimate of drug-likeness (QED) is 0.115. The number of benzene rings is 2. The lowest BCUT2D eigenvalue weighted by molar-refractivity contribution is 0.0733. The molecule has 9 heteroatoms. The van der Waals surface area contributed by atoms with Gasteiger partial charge in [0.05, 0.1) is 5.56 Å². The van der Waals surface area contributed by atoms with Crippen molar-refractivity contribution in [3.05, 3.63) is 51.7 Å². The van der Waals surface area contributed by atoms with Gasteiger partial charge in [0.2, 0.25) is 0 Å². The highest BCUT2D eigenvalue weighted by atomic mass is 127. The van der Waals surface area contributed by atoms with Crippen LogP contribution < -0.4 is 4.74 Å². The van der Waals surface area contributed by atoms with Crippen molar-refractivity contribution in [1.82, 2.24) is 0 Å². The summed E-state index contributed by atoms with van der Waals surface area (Å²) in [5.74, 6) is -0.326. The average molecular weight is 780 g/mol. The van der Waals surface area contributed by atoms with E-state index >= 15 is 0 Å². The summed E-state index contributed by atoms with van der Waals surface area (Å²) in [5.41, 5.74) is 1.50. The summed E-state index contributed by atoms with van der Waals surface area (Å²) in [6.07, 6.45) is 4.84. The second-order valence-electron chi connectivity index (χ2n) is 8.03. The average Bonchev–Trinajstić information content (AvgIpc) is 2.69. The van der Waals surface area contributed by atoms with E-state index in [4.69, 9.17) is 4.74 Å². The number of carbonyl (C=O) groups excluding carboxylic acids is 1. The van der Waals surface area contributed by atoms with Gasteiger partial charge in [0, 0.05) is 10.7 Å². The first-order valence-electron chi connectivity index (χ1n) is 10.0. The van der Waals surface area contributed by atoms with E-state index in [2.05, 4.69) is 67.8 Å². The van der Waals surface area contributed by atoms with Crippen LogP contribution in [0.3, 0.4) is 0 Å². The third kappa shape index (κ3) is 6.12. The van der Waals surface area contributed by atoms with E-state index in [0.717, 1.165) is 42.8 Å². The third-order valence-corrected chi connectivity index (χ3v) is 10.1. The van der Waals surface area contributed by atoms with Crippen molar-refractivity contribution >= 4 is 83.9 Å². The van der Waals surface area contributed by atoms with Crippen LogP contribution in [0.4, 0.5) is 0 Å². The lowest BCUT2D eigenvalue weighted by atomic mass is 9.82. The summed E-state index contributed by atoms with van der Waals surface area (Å²) in [6, 6.07) is 6.97. The van der Waals surface area contributed by atoms with E-state index < -0.39 is 16.1 Å². The van der Waals surface area contributed by atoms with Gasteiger partial charge in [-0.25, -0.2) is 4.79 Å². The fourth-order valence-corrected chi connectivity index (χ4v) is 7.51. The topological polar surface area (TPSA) is 80.7 Å². The molecule has 1 saturated carbocycles. The number of hydrogen-bond acceptors (Lipinski definition) is 4. The summed E-state index contributed by atoms with van der Waals surface area (Å²) < 4.78 is 43.2. The predicted molar refractivity (Wildman–Crippen MR) is 146 cm³/mol. The minimum atomic E-state index is -4.42. The van der Waals surface area contributed by atoms with Gasteiger partial charge in [-0.15, -0.1) is 0 Å². The number of halogens is 3. The molecule has 0 unspecified atom stereocenters. The number of esters is 1. The Labute approximate surface area is 224 Å². The first kappa shape index (κ1) is 25.6. The van der Waals surface area contributed by atoms with Crippen molar-refractivity contribution in [3.8, 4) is 5.75 Å². The van der Waals surface area contributed by atoms with Crippen LogP contribution in [0.15, 0.2) is 29.2 Å². The Morgan fingerprint density at radius 1 is 1.06 bits per heavy atom. The molecule has 1 aliphatic rings. The zero-order valence-corrected chi connectivity index (χ0v) is 24.4. The molecule has 5 nitrogen and oxygen atoms in total. The van der Waals surface area contributed by atoms with Crippen LogP contribution in [0.1, 0.15) is 79.3 Å². The first-order valence-corrected chi connectivity index (χ1v) is 14.7. The maximum Gasteiger partial charge on any atom is 0.344 e. The largest absolute Gasteiger partial charge is 0.423 e. The van der Waals surface area contributed by atoms with E-state index in [0.29, 0.717) is 22.4 Å². The first-order chi connectivity index (χ1) is 14.5. The van der Waals surface area contributed by atoms with Crippen LogP contribution >= 0.6 is 67.8 Å². The van der Waals surface area contributed by atoms with E-state index in [1.165, 1.54) is 0 Å². The van der Waals surface area contributed by atoms with Gasteiger partial charge in [-0.1, -0.05) is 33.1 Å². The highest BCUT2D eigenvalue weighted by Crippen LogP contribution is 2.41. The minimum absolute atomic E-state index is 0.0144. The van der Waals surface area contributed by atoms with Crippen LogP contribution in [0.25, 0.3) is 0 Å². The molecule has 2 aromatic rings. The van der Waals surface area contributed by atoms with Gasteiger partial charge in [-0.3, -0.25) is 4.55 Å². The van der Waals surface area contributed by atoms with Gasteiger partial charge in [-0.2, -0.15) is 8.42 Å². The molecule has 3 rings (SSSR count). The van der Waals surface area contributed by atoms with Crippen molar-refractivity contribution in [1.29, 1.82) is 0 Å². The summed E-state index contributed by atoms with van der Waals surface area (Å²) in [4.78, 5) is 13.0. The molecule has 0 spiro atoms. The smallest absolute Gasteiger partial charge is 0.344 e. The van der Waals surface area contributed by atoms with Crippen molar-refractivity contribution in [2.75, 3.05) is 0 Å². The summed E-state index contributed by atoms with van der Waals surface area (Å²) in [7, 11) is -4.42. The predicted octanol–water partition coefficient (Wildman–Crippen LogP) is 7.14. The maximum absolute atomic E-state index is 13.0. The molecule has 1 fully saturated rings. The molecule has 31 heavy (non-hydrogen) atoms. The highest BCUT2D eigenvalue weighted by Gasteiger charge is 2.29. The molecule has 1 aliphatic carbocycles. The van der Waals surface area contributed by atoms with Crippen molar-refractivity contribution < 1.29 is 22.5 Å². The SMILES string of the molecule is CC(C)c1cc(OC(=O)c2cc(I)cc(I)c2I)cc(C2CCCCC2)c1S(=O)(=O)O. The fourth-order valence-electron chi connectivity index (χ4n) is 4.01. The Morgan fingerprint density at radius 2 is 1.71 bits per heavy atom. The third-order valence-electron chi connectivity index (χ3n) is 5.47. The van der Waals surface area contributed by atoms with Crippen LogP contribution in [0.2, 0.25) is 0 Å². The maximum atomic E-state index is 13.0. The summed E-state index contributed by atoms with van der Waals surface area (Å²) >= 11 is 6.48. The van der Waals surface area contributed by atoms with Gasteiger partial charge < -0.3 is 4.74 Å². The molecular formula is C22H23I3O5S. The molecule has 0 amide bonds. The van der Waals surface area contributed by atoms with Crippen molar-refractivity contribution in [2.45, 2.75) is 62.7 Å². The van der Waals surface area contributed by atoms with Gasteiger partial charge >= 0.3 is 5.97 Å². The second kappa shape index (κ2) is 10.5. The molecule has 0 aliphatic heterocycles. The number of ether oxygens (including phenoxy) is 1. The van der Waals surface area contributed by atoms with Gasteiger partial charge in [0.1, 0.15) is 10.6 Å². The molecule has 0 atom stereocenters. The van der Waals surface area contributed by atoms with E-state index in [1.807, 2.05) is 19.9 Å².